The van der Waals surface area contributed by atoms with Crippen molar-refractivity contribution in [3.8, 4) is 0 Å². The molecule has 2 aromatic rings. The predicted molar refractivity (Wildman–Crippen MR) is 58.4 cm³/mol. The van der Waals surface area contributed by atoms with Crippen LogP contribution in [0.2, 0.25) is 5.15 Å². The first kappa shape index (κ1) is 9.93. The van der Waals surface area contributed by atoms with Gasteiger partial charge in [0.05, 0.1) is 5.56 Å². The third kappa shape index (κ3) is 1.66. The molecule has 0 bridgehead atoms. The van der Waals surface area contributed by atoms with E-state index >= 15 is 0 Å². The van der Waals surface area contributed by atoms with E-state index in [1.807, 2.05) is 0 Å². The lowest BCUT2D eigenvalue weighted by Crippen LogP contribution is -1.98. The first-order chi connectivity index (χ1) is 7.09. The molecular formula is C11H8ClNO2. The average Bonchev–Trinajstić information content (AvgIpc) is 2.16. The summed E-state index contributed by atoms with van der Waals surface area (Å²) in [6, 6.07) is 6.70. The van der Waals surface area contributed by atoms with Gasteiger partial charge in [-0.05, 0) is 19.1 Å². The summed E-state index contributed by atoms with van der Waals surface area (Å²) in [6.45, 7) is 1.78. The summed E-state index contributed by atoms with van der Waals surface area (Å²) in [5.41, 5.74) is 0.959. The largest absolute Gasteiger partial charge is 0.478 e. The second kappa shape index (κ2) is 3.51. The highest BCUT2D eigenvalue weighted by atomic mass is 35.5. The van der Waals surface area contributed by atoms with Crippen molar-refractivity contribution in [1.29, 1.82) is 0 Å². The maximum atomic E-state index is 11.0. The Balaban J connectivity index is 2.91. The van der Waals surface area contributed by atoms with E-state index in [0.717, 1.165) is 0 Å². The zero-order valence-corrected chi connectivity index (χ0v) is 8.75. The van der Waals surface area contributed by atoms with Crippen LogP contribution in [-0.4, -0.2) is 16.1 Å². The standard InChI is InChI=1S/C11H8ClNO2/c1-6-5-9-7(10(12)13-6)3-2-4-8(9)11(14)15/h2-5H,1H3,(H,14,15). The first-order valence-corrected chi connectivity index (χ1v) is 4.76. The van der Waals surface area contributed by atoms with E-state index in [1.165, 1.54) is 0 Å². The van der Waals surface area contributed by atoms with Crippen LogP contribution < -0.4 is 0 Å². The molecule has 0 aliphatic rings. The van der Waals surface area contributed by atoms with Crippen molar-refractivity contribution in [2.45, 2.75) is 6.92 Å². The third-order valence-electron chi connectivity index (χ3n) is 2.19. The molecule has 0 spiro atoms. The van der Waals surface area contributed by atoms with Gasteiger partial charge in [0, 0.05) is 16.5 Å². The number of nitrogens with zero attached hydrogens (tertiary/aromatic N) is 1. The Morgan fingerprint density at radius 2 is 2.13 bits per heavy atom. The molecule has 4 heteroatoms. The summed E-state index contributed by atoms with van der Waals surface area (Å²) >= 11 is 5.93. The molecule has 1 heterocycles. The van der Waals surface area contributed by atoms with Gasteiger partial charge in [0.2, 0.25) is 0 Å². The number of aromatic nitrogens is 1. The van der Waals surface area contributed by atoms with Crippen LogP contribution in [0.25, 0.3) is 10.8 Å². The average molecular weight is 222 g/mol. The summed E-state index contributed by atoms with van der Waals surface area (Å²) in [7, 11) is 0. The van der Waals surface area contributed by atoms with E-state index in [4.69, 9.17) is 16.7 Å². The van der Waals surface area contributed by atoms with Gasteiger partial charge in [0.15, 0.2) is 0 Å². The van der Waals surface area contributed by atoms with E-state index in [-0.39, 0.29) is 5.56 Å². The lowest BCUT2D eigenvalue weighted by atomic mass is 10.1. The van der Waals surface area contributed by atoms with Gasteiger partial charge in [-0.3, -0.25) is 0 Å². The summed E-state index contributed by atoms with van der Waals surface area (Å²) in [4.78, 5) is 15.0. The topological polar surface area (TPSA) is 50.2 Å². The van der Waals surface area contributed by atoms with Crippen LogP contribution in [-0.2, 0) is 0 Å². The second-order valence-electron chi connectivity index (χ2n) is 3.26. The number of carboxylic acids is 1. The zero-order chi connectivity index (χ0) is 11.0. The van der Waals surface area contributed by atoms with Crippen LogP contribution >= 0.6 is 11.6 Å². The molecule has 1 aromatic heterocycles. The number of carboxylic acid groups (broad SMARTS) is 1. The maximum absolute atomic E-state index is 11.0. The molecule has 0 saturated carbocycles. The Hall–Kier alpha value is -1.61. The summed E-state index contributed by atoms with van der Waals surface area (Å²) in [6.07, 6.45) is 0. The molecule has 1 aromatic carbocycles. The Morgan fingerprint density at radius 1 is 1.40 bits per heavy atom. The zero-order valence-electron chi connectivity index (χ0n) is 7.99. The van der Waals surface area contributed by atoms with Gasteiger partial charge in [0.1, 0.15) is 5.15 Å². The van der Waals surface area contributed by atoms with Crippen molar-refractivity contribution < 1.29 is 9.90 Å². The lowest BCUT2D eigenvalue weighted by Gasteiger charge is -2.04. The Bertz CT molecular complexity index is 552. The number of halogens is 1. The molecule has 76 valence electrons. The molecular weight excluding hydrogens is 214 g/mol. The SMILES string of the molecule is Cc1cc2c(C(=O)O)cccc2c(Cl)n1. The number of fused-ring (bicyclic) bond motifs is 1. The summed E-state index contributed by atoms with van der Waals surface area (Å²) < 4.78 is 0. The molecule has 0 saturated heterocycles. The van der Waals surface area contributed by atoms with Crippen molar-refractivity contribution in [1.82, 2.24) is 4.98 Å². The highest BCUT2D eigenvalue weighted by Gasteiger charge is 2.10. The van der Waals surface area contributed by atoms with Crippen molar-refractivity contribution in [2.75, 3.05) is 0 Å². The second-order valence-corrected chi connectivity index (χ2v) is 3.62. The van der Waals surface area contributed by atoms with Crippen LogP contribution in [0.1, 0.15) is 16.1 Å². The van der Waals surface area contributed by atoms with Gasteiger partial charge in [-0.1, -0.05) is 23.7 Å². The molecule has 2 rings (SSSR count). The van der Waals surface area contributed by atoms with Gasteiger partial charge in [0.25, 0.3) is 0 Å². The van der Waals surface area contributed by atoms with E-state index < -0.39 is 5.97 Å². The first-order valence-electron chi connectivity index (χ1n) is 4.39. The van der Waals surface area contributed by atoms with Crippen LogP contribution in [0.5, 0.6) is 0 Å². The molecule has 0 radical (unpaired) electrons. The molecule has 3 nitrogen and oxygen atoms in total. The van der Waals surface area contributed by atoms with Crippen LogP contribution in [0.4, 0.5) is 0 Å². The number of aryl methyl sites for hydroxylation is 1. The van der Waals surface area contributed by atoms with Crippen molar-refractivity contribution in [3.05, 3.63) is 40.7 Å². The van der Waals surface area contributed by atoms with Crippen molar-refractivity contribution >= 4 is 28.3 Å². The van der Waals surface area contributed by atoms with Gasteiger partial charge >= 0.3 is 5.97 Å². The van der Waals surface area contributed by atoms with Crippen LogP contribution in [0.15, 0.2) is 24.3 Å². The number of hydrogen-bond donors (Lipinski definition) is 1. The van der Waals surface area contributed by atoms with Gasteiger partial charge in [-0.25, -0.2) is 9.78 Å². The Kier molecular flexibility index (Phi) is 2.32. The molecule has 0 aliphatic carbocycles. The summed E-state index contributed by atoms with van der Waals surface area (Å²) in [5.74, 6) is -0.956. The Labute approximate surface area is 91.3 Å². The minimum atomic E-state index is -0.956. The minimum Gasteiger partial charge on any atom is -0.478 e. The normalized spacial score (nSPS) is 10.5. The van der Waals surface area contributed by atoms with E-state index in [0.29, 0.717) is 21.6 Å². The van der Waals surface area contributed by atoms with E-state index in [2.05, 4.69) is 4.98 Å². The molecule has 15 heavy (non-hydrogen) atoms. The summed E-state index contributed by atoms with van der Waals surface area (Å²) in [5, 5.41) is 10.6. The molecule has 0 fully saturated rings. The Morgan fingerprint density at radius 3 is 2.80 bits per heavy atom. The number of rotatable bonds is 1. The van der Waals surface area contributed by atoms with Gasteiger partial charge in [-0.2, -0.15) is 0 Å². The fourth-order valence-electron chi connectivity index (χ4n) is 1.54. The predicted octanol–water partition coefficient (Wildman–Crippen LogP) is 2.89. The number of carbonyl (C=O) groups is 1. The third-order valence-corrected chi connectivity index (χ3v) is 2.47. The number of hydrogen-bond acceptors (Lipinski definition) is 2. The van der Waals surface area contributed by atoms with E-state index in [1.54, 1.807) is 31.2 Å². The number of pyridine rings is 1. The monoisotopic (exact) mass is 221 g/mol. The molecule has 0 unspecified atom stereocenters. The molecule has 1 N–H and O–H groups in total. The number of aromatic carboxylic acids is 1. The van der Waals surface area contributed by atoms with Crippen molar-refractivity contribution in [2.24, 2.45) is 0 Å². The highest BCUT2D eigenvalue weighted by Crippen LogP contribution is 2.25. The fourth-order valence-corrected chi connectivity index (χ4v) is 1.84. The minimum absolute atomic E-state index is 0.250. The quantitative estimate of drug-likeness (QED) is 0.754. The molecule has 0 amide bonds. The molecule has 0 atom stereocenters. The number of benzene rings is 1. The van der Waals surface area contributed by atoms with Crippen LogP contribution in [0.3, 0.4) is 0 Å². The smallest absolute Gasteiger partial charge is 0.336 e. The van der Waals surface area contributed by atoms with Crippen molar-refractivity contribution in [3.63, 3.8) is 0 Å². The fraction of sp³-hybridized carbons (Fsp3) is 0.0909. The maximum Gasteiger partial charge on any atom is 0.336 e. The highest BCUT2D eigenvalue weighted by molar-refractivity contribution is 6.34. The van der Waals surface area contributed by atoms with E-state index in [9.17, 15) is 4.79 Å². The van der Waals surface area contributed by atoms with Crippen LogP contribution in [0, 0.1) is 6.92 Å². The van der Waals surface area contributed by atoms with Gasteiger partial charge < -0.3 is 5.11 Å². The van der Waals surface area contributed by atoms with Gasteiger partial charge in [-0.15, -0.1) is 0 Å². The molecule has 0 aliphatic heterocycles. The lowest BCUT2D eigenvalue weighted by molar-refractivity contribution is 0.0699.